The molecule has 29 heavy (non-hydrogen) atoms. The minimum atomic E-state index is -0.170. The van der Waals surface area contributed by atoms with Crippen LogP contribution in [0.25, 0.3) is 21.5 Å². The lowest BCUT2D eigenvalue weighted by Gasteiger charge is -2.34. The van der Waals surface area contributed by atoms with E-state index in [0.717, 1.165) is 0 Å². The van der Waals surface area contributed by atoms with E-state index in [1.54, 1.807) is 17.0 Å². The lowest BCUT2D eigenvalue weighted by molar-refractivity contribution is 0.0620. The average molecular weight is 412 g/mol. The van der Waals surface area contributed by atoms with Crippen LogP contribution >= 0.6 is 11.3 Å². The maximum absolute atomic E-state index is 13.1. The topological polar surface area (TPSA) is 146 Å². The highest BCUT2D eigenvalue weighted by Gasteiger charge is 2.29. The summed E-state index contributed by atoms with van der Waals surface area (Å²) in [5.41, 5.74) is 13.3. The maximum atomic E-state index is 13.1. The smallest absolute Gasteiger partial charge is 0.266 e. The van der Waals surface area contributed by atoms with Gasteiger partial charge < -0.3 is 25.9 Å². The number of hydrogen-bond acceptors (Lipinski definition) is 9. The van der Waals surface area contributed by atoms with Crippen molar-refractivity contribution in [2.75, 3.05) is 50.8 Å². The molecule has 150 valence electrons. The molecule has 0 spiro atoms. The Kier molecular flexibility index (Phi) is 5.10. The van der Waals surface area contributed by atoms with E-state index in [0.29, 0.717) is 59.1 Å². The molecule has 0 atom stereocenters. The summed E-state index contributed by atoms with van der Waals surface area (Å²) in [4.78, 5) is 22.2. The normalized spacial score (nSPS) is 15.0. The Morgan fingerprint density at radius 3 is 2.72 bits per heavy atom. The number of fused-ring (bicyclic) bond motifs is 1. The van der Waals surface area contributed by atoms with E-state index < -0.39 is 0 Å². The predicted octanol–water partition coefficient (Wildman–Crippen LogP) is 1.34. The zero-order valence-corrected chi connectivity index (χ0v) is 16.4. The van der Waals surface area contributed by atoms with Crippen molar-refractivity contribution in [3.8, 4) is 17.4 Å². The van der Waals surface area contributed by atoms with Crippen molar-refractivity contribution in [1.82, 2.24) is 14.8 Å². The molecule has 1 saturated heterocycles. The van der Waals surface area contributed by atoms with Crippen LogP contribution in [0, 0.1) is 11.3 Å². The zero-order valence-electron chi connectivity index (χ0n) is 15.6. The molecule has 0 aliphatic carbocycles. The van der Waals surface area contributed by atoms with Crippen LogP contribution < -0.4 is 11.5 Å². The third kappa shape index (κ3) is 3.29. The number of carbonyl (C=O) groups excluding carboxylic acids is 1. The molecule has 1 fully saturated rings. The molecule has 3 aromatic heterocycles. The molecule has 10 heteroatoms. The van der Waals surface area contributed by atoms with Gasteiger partial charge in [0.2, 0.25) is 0 Å². The van der Waals surface area contributed by atoms with Gasteiger partial charge in [-0.15, -0.1) is 11.3 Å². The average Bonchev–Trinajstić information content (AvgIpc) is 3.36. The molecule has 0 bridgehead atoms. The van der Waals surface area contributed by atoms with Crippen molar-refractivity contribution in [2.45, 2.75) is 0 Å². The summed E-state index contributed by atoms with van der Waals surface area (Å²) < 4.78 is 5.49. The highest BCUT2D eigenvalue weighted by atomic mass is 32.1. The Labute approximate surface area is 170 Å². The first kappa shape index (κ1) is 19.2. The van der Waals surface area contributed by atoms with Gasteiger partial charge in [0.25, 0.3) is 5.91 Å². The first-order chi connectivity index (χ1) is 14.0. The molecule has 4 rings (SSSR count). The van der Waals surface area contributed by atoms with Gasteiger partial charge in [-0.2, -0.15) is 5.26 Å². The van der Waals surface area contributed by atoms with Crippen molar-refractivity contribution in [3.05, 3.63) is 28.8 Å². The van der Waals surface area contributed by atoms with Gasteiger partial charge in [-0.1, -0.05) is 0 Å². The Hall–Kier alpha value is -3.13. The van der Waals surface area contributed by atoms with Crippen molar-refractivity contribution < 1.29 is 14.3 Å². The van der Waals surface area contributed by atoms with Crippen molar-refractivity contribution >= 4 is 39.0 Å². The summed E-state index contributed by atoms with van der Waals surface area (Å²) in [5.74, 6) is 0.350. The monoisotopic (exact) mass is 412 g/mol. The summed E-state index contributed by atoms with van der Waals surface area (Å²) >= 11 is 1.17. The summed E-state index contributed by atoms with van der Waals surface area (Å²) in [6.07, 6.45) is 1.50. The van der Waals surface area contributed by atoms with Gasteiger partial charge in [0.05, 0.1) is 24.1 Å². The van der Waals surface area contributed by atoms with Crippen molar-refractivity contribution in [2.24, 2.45) is 0 Å². The van der Waals surface area contributed by atoms with E-state index in [-0.39, 0.29) is 29.6 Å². The number of aliphatic hydroxyl groups excluding tert-OH is 1. The summed E-state index contributed by atoms with van der Waals surface area (Å²) in [5, 5.41) is 19.2. The van der Waals surface area contributed by atoms with E-state index in [2.05, 4.69) is 16.0 Å². The maximum Gasteiger partial charge on any atom is 0.266 e. The second-order valence-electron chi connectivity index (χ2n) is 6.72. The molecule has 1 aliphatic heterocycles. The predicted molar refractivity (Wildman–Crippen MR) is 110 cm³/mol. The molecule has 1 aliphatic rings. The van der Waals surface area contributed by atoms with Crippen LogP contribution in [-0.4, -0.2) is 65.1 Å². The molecule has 9 nitrogen and oxygen atoms in total. The Morgan fingerprint density at radius 2 is 2.10 bits per heavy atom. The number of nitrogens with two attached hydrogens (primary N) is 2. The Bertz CT molecular complexity index is 1090. The lowest BCUT2D eigenvalue weighted by Crippen LogP contribution is -2.49. The highest BCUT2D eigenvalue weighted by Crippen LogP contribution is 2.43. The number of aliphatic hydroxyl groups is 1. The number of piperazine rings is 1. The fourth-order valence-corrected chi connectivity index (χ4v) is 4.65. The van der Waals surface area contributed by atoms with Crippen LogP contribution in [0.1, 0.15) is 15.2 Å². The quantitative estimate of drug-likeness (QED) is 0.582. The number of furan rings is 1. The number of carbonyl (C=O) groups is 1. The number of nitrogens with zero attached hydrogens (tertiary/aromatic N) is 4. The SMILES string of the molecule is N#Cc1c(N)nc2sc(C(=O)N3CCN(CCO)CC3)c(N)c2c1-c1ccco1. The van der Waals surface area contributed by atoms with Gasteiger partial charge in [-0.05, 0) is 12.1 Å². The second-order valence-corrected chi connectivity index (χ2v) is 7.72. The number of anilines is 2. The van der Waals surface area contributed by atoms with E-state index in [1.807, 2.05) is 0 Å². The van der Waals surface area contributed by atoms with Crippen LogP contribution in [0.4, 0.5) is 11.5 Å². The summed E-state index contributed by atoms with van der Waals surface area (Å²) in [6, 6.07) is 5.49. The Balaban J connectivity index is 1.76. The first-order valence-corrected chi connectivity index (χ1v) is 9.94. The van der Waals surface area contributed by atoms with Crippen LogP contribution in [0.2, 0.25) is 0 Å². The molecule has 0 radical (unpaired) electrons. The number of pyridine rings is 1. The minimum absolute atomic E-state index is 0.0734. The number of nitrogen functional groups attached to an aromatic ring is 2. The van der Waals surface area contributed by atoms with Gasteiger partial charge in [0, 0.05) is 38.1 Å². The number of β-amino-alcohol motifs (C(OH)–C–C–N with tert-alkyl or cyclic N) is 1. The van der Waals surface area contributed by atoms with Crippen LogP contribution in [0.15, 0.2) is 22.8 Å². The number of nitriles is 1. The van der Waals surface area contributed by atoms with Crippen molar-refractivity contribution in [1.29, 1.82) is 5.26 Å². The standard InChI is InChI=1S/C19H20N6O3S/c20-10-11-13(12-2-1-9-28-12)14-15(21)16(29-18(14)23-17(11)22)19(27)25-5-3-24(4-6-25)7-8-26/h1-2,9,26H,3-8,21H2,(H2,22,23). The summed E-state index contributed by atoms with van der Waals surface area (Å²) in [7, 11) is 0. The fourth-order valence-electron chi connectivity index (χ4n) is 3.57. The van der Waals surface area contributed by atoms with Crippen molar-refractivity contribution in [3.63, 3.8) is 0 Å². The van der Waals surface area contributed by atoms with E-state index in [9.17, 15) is 10.1 Å². The fraction of sp³-hybridized carbons (Fsp3) is 0.316. The molecular weight excluding hydrogens is 392 g/mol. The highest BCUT2D eigenvalue weighted by molar-refractivity contribution is 7.21. The first-order valence-electron chi connectivity index (χ1n) is 9.13. The molecule has 3 aromatic rings. The number of hydrogen-bond donors (Lipinski definition) is 3. The van der Waals surface area contributed by atoms with Gasteiger partial charge >= 0.3 is 0 Å². The molecule has 0 aromatic carbocycles. The van der Waals surface area contributed by atoms with Gasteiger partial charge in [0.15, 0.2) is 0 Å². The van der Waals surface area contributed by atoms with Crippen LogP contribution in [-0.2, 0) is 0 Å². The molecule has 0 saturated carbocycles. The number of aromatic nitrogens is 1. The number of thiophene rings is 1. The molecular formula is C19H20N6O3S. The lowest BCUT2D eigenvalue weighted by atomic mass is 10.0. The largest absolute Gasteiger partial charge is 0.464 e. The van der Waals surface area contributed by atoms with E-state index in [4.69, 9.17) is 21.0 Å². The van der Waals surface area contributed by atoms with Gasteiger partial charge in [-0.3, -0.25) is 9.69 Å². The van der Waals surface area contributed by atoms with Gasteiger partial charge in [-0.25, -0.2) is 4.98 Å². The minimum Gasteiger partial charge on any atom is -0.464 e. The summed E-state index contributed by atoms with van der Waals surface area (Å²) in [6.45, 7) is 3.19. The van der Waals surface area contributed by atoms with Gasteiger partial charge in [0.1, 0.15) is 32.9 Å². The Morgan fingerprint density at radius 1 is 1.34 bits per heavy atom. The van der Waals surface area contributed by atoms with E-state index in [1.165, 1.54) is 17.6 Å². The third-order valence-electron chi connectivity index (χ3n) is 5.05. The molecule has 5 N–H and O–H groups in total. The number of amides is 1. The molecule has 1 amide bonds. The molecule has 4 heterocycles. The second kappa shape index (κ2) is 7.71. The van der Waals surface area contributed by atoms with Crippen LogP contribution in [0.5, 0.6) is 0 Å². The zero-order chi connectivity index (χ0) is 20.5. The number of rotatable bonds is 4. The van der Waals surface area contributed by atoms with E-state index >= 15 is 0 Å². The molecule has 0 unspecified atom stereocenters. The van der Waals surface area contributed by atoms with Crippen LogP contribution in [0.3, 0.4) is 0 Å². The third-order valence-corrected chi connectivity index (χ3v) is 6.14.